The van der Waals surface area contributed by atoms with Gasteiger partial charge in [-0.2, -0.15) is 0 Å². The molecule has 1 aromatic heterocycles. The third-order valence-electron chi connectivity index (χ3n) is 3.49. The second-order valence-electron chi connectivity index (χ2n) is 5.74. The van der Waals surface area contributed by atoms with Crippen molar-refractivity contribution in [3.05, 3.63) is 64.5 Å². The maximum Gasteiger partial charge on any atom is 0.255 e. The molecular formula is C18H17N3O3S2. The average molecular weight is 387 g/mol. The summed E-state index contributed by atoms with van der Waals surface area (Å²) in [6.45, 7) is 1.95. The van der Waals surface area contributed by atoms with Crippen molar-refractivity contribution in [3.63, 3.8) is 0 Å². The maximum atomic E-state index is 12.4. The third-order valence-corrected chi connectivity index (χ3v) is 4.87. The van der Waals surface area contributed by atoms with Gasteiger partial charge in [0.2, 0.25) is 10.0 Å². The topological polar surface area (TPSA) is 88.2 Å². The Bertz CT molecular complexity index is 1040. The predicted octanol–water partition coefficient (Wildman–Crippen LogP) is 3.74. The summed E-state index contributed by atoms with van der Waals surface area (Å²) >= 11 is 1.59. The number of anilines is 2. The first kappa shape index (κ1) is 18.1. The molecule has 8 heteroatoms. The molecule has 0 radical (unpaired) electrons. The molecule has 0 unspecified atom stereocenters. The predicted molar refractivity (Wildman–Crippen MR) is 105 cm³/mol. The molecular weight excluding hydrogens is 370 g/mol. The summed E-state index contributed by atoms with van der Waals surface area (Å²) in [7, 11) is -3.39. The second kappa shape index (κ2) is 7.27. The van der Waals surface area contributed by atoms with Crippen molar-refractivity contribution in [2.45, 2.75) is 6.92 Å². The highest BCUT2D eigenvalue weighted by Crippen LogP contribution is 2.23. The largest absolute Gasteiger partial charge is 0.322 e. The van der Waals surface area contributed by atoms with Crippen LogP contribution in [-0.2, 0) is 10.0 Å². The van der Waals surface area contributed by atoms with E-state index in [1.165, 1.54) is 6.07 Å². The summed E-state index contributed by atoms with van der Waals surface area (Å²) in [6, 6.07) is 13.7. The number of hydrogen-bond donors (Lipinski definition) is 2. The van der Waals surface area contributed by atoms with Crippen LogP contribution in [0.3, 0.4) is 0 Å². The van der Waals surface area contributed by atoms with Crippen molar-refractivity contribution in [1.82, 2.24) is 4.98 Å². The van der Waals surface area contributed by atoms with Gasteiger partial charge in [-0.05, 0) is 37.3 Å². The number of benzene rings is 2. The number of carbonyl (C=O) groups excluding carboxylic acids is 1. The van der Waals surface area contributed by atoms with Crippen LogP contribution >= 0.6 is 11.3 Å². The summed E-state index contributed by atoms with van der Waals surface area (Å²) in [6.07, 6.45) is 1.06. The highest BCUT2D eigenvalue weighted by molar-refractivity contribution is 7.92. The summed E-state index contributed by atoms with van der Waals surface area (Å²) in [5.41, 5.74) is 3.23. The highest BCUT2D eigenvalue weighted by atomic mass is 32.2. The van der Waals surface area contributed by atoms with E-state index >= 15 is 0 Å². The molecule has 0 atom stereocenters. The van der Waals surface area contributed by atoms with Gasteiger partial charge in [0.05, 0.1) is 17.0 Å². The second-order valence-corrected chi connectivity index (χ2v) is 8.55. The van der Waals surface area contributed by atoms with E-state index in [-0.39, 0.29) is 5.91 Å². The van der Waals surface area contributed by atoms with Crippen LogP contribution in [0.1, 0.15) is 15.4 Å². The number of sulfonamides is 1. The monoisotopic (exact) mass is 387 g/mol. The zero-order chi connectivity index (χ0) is 18.7. The molecule has 0 aliphatic carbocycles. The van der Waals surface area contributed by atoms with E-state index in [4.69, 9.17) is 0 Å². The smallest absolute Gasteiger partial charge is 0.255 e. The van der Waals surface area contributed by atoms with Crippen molar-refractivity contribution < 1.29 is 13.2 Å². The van der Waals surface area contributed by atoms with Crippen molar-refractivity contribution >= 4 is 38.6 Å². The van der Waals surface area contributed by atoms with Gasteiger partial charge in [-0.25, -0.2) is 13.4 Å². The van der Waals surface area contributed by atoms with E-state index in [0.29, 0.717) is 16.9 Å². The molecule has 1 amide bonds. The van der Waals surface area contributed by atoms with Gasteiger partial charge in [0.25, 0.3) is 5.91 Å². The quantitative estimate of drug-likeness (QED) is 0.698. The number of amides is 1. The third kappa shape index (κ3) is 4.68. The molecule has 134 valence electrons. The number of carbonyl (C=O) groups is 1. The molecule has 0 saturated carbocycles. The lowest BCUT2D eigenvalue weighted by atomic mass is 10.1. The Morgan fingerprint density at radius 1 is 1.08 bits per heavy atom. The number of rotatable bonds is 5. The summed E-state index contributed by atoms with van der Waals surface area (Å²) < 4.78 is 25.0. The van der Waals surface area contributed by atoms with Gasteiger partial charge in [0.15, 0.2) is 0 Å². The minimum absolute atomic E-state index is 0.320. The Labute approximate surface area is 156 Å². The van der Waals surface area contributed by atoms with Crippen LogP contribution < -0.4 is 10.0 Å². The van der Waals surface area contributed by atoms with Crippen molar-refractivity contribution in [1.29, 1.82) is 0 Å². The van der Waals surface area contributed by atoms with Gasteiger partial charge >= 0.3 is 0 Å². The minimum Gasteiger partial charge on any atom is -0.322 e. The van der Waals surface area contributed by atoms with Crippen LogP contribution in [-0.4, -0.2) is 25.6 Å². The molecule has 2 N–H and O–H groups in total. The summed E-state index contributed by atoms with van der Waals surface area (Å²) in [4.78, 5) is 16.8. The first-order valence-electron chi connectivity index (χ1n) is 7.72. The fourth-order valence-electron chi connectivity index (χ4n) is 2.36. The first-order chi connectivity index (χ1) is 12.3. The van der Waals surface area contributed by atoms with Crippen LogP contribution in [0.5, 0.6) is 0 Å². The van der Waals surface area contributed by atoms with Crippen molar-refractivity contribution in [2.24, 2.45) is 0 Å². The Hall–Kier alpha value is -2.71. The summed E-state index contributed by atoms with van der Waals surface area (Å²) in [5, 5.41) is 5.79. The number of nitrogens with one attached hydrogen (secondary N) is 2. The molecule has 26 heavy (non-hydrogen) atoms. The Kier molecular flexibility index (Phi) is 5.06. The summed E-state index contributed by atoms with van der Waals surface area (Å²) in [5.74, 6) is -0.320. The van der Waals surface area contributed by atoms with Crippen LogP contribution in [0.15, 0.2) is 53.9 Å². The molecule has 6 nitrogen and oxygen atoms in total. The van der Waals surface area contributed by atoms with E-state index in [2.05, 4.69) is 15.0 Å². The number of aryl methyl sites for hydroxylation is 1. The molecule has 3 rings (SSSR count). The average Bonchev–Trinajstić information content (AvgIpc) is 3.01. The first-order valence-corrected chi connectivity index (χ1v) is 10.5. The van der Waals surface area contributed by atoms with E-state index in [1.54, 1.807) is 41.7 Å². The molecule has 2 aromatic carbocycles. The maximum absolute atomic E-state index is 12.4. The number of thiazole rings is 1. The van der Waals surface area contributed by atoms with Crippen LogP contribution in [0, 0.1) is 6.92 Å². The lowest BCUT2D eigenvalue weighted by Gasteiger charge is -2.08. The molecule has 0 fully saturated rings. The number of hydrogen-bond acceptors (Lipinski definition) is 5. The van der Waals surface area contributed by atoms with E-state index in [1.807, 2.05) is 24.4 Å². The van der Waals surface area contributed by atoms with Gasteiger partial charge in [-0.3, -0.25) is 9.52 Å². The molecule has 3 aromatic rings. The SMILES string of the molecule is Cc1nc(-c2ccc(NC(=O)c3cccc(NS(C)(=O)=O)c3)cc2)cs1. The Balaban J connectivity index is 1.73. The van der Waals surface area contributed by atoms with Crippen LogP contribution in [0.4, 0.5) is 11.4 Å². The molecule has 0 bridgehead atoms. The lowest BCUT2D eigenvalue weighted by molar-refractivity contribution is 0.102. The molecule has 0 spiro atoms. The molecule has 0 saturated heterocycles. The normalized spacial score (nSPS) is 11.2. The Morgan fingerprint density at radius 3 is 2.42 bits per heavy atom. The minimum atomic E-state index is -3.39. The van der Waals surface area contributed by atoms with E-state index in [9.17, 15) is 13.2 Å². The molecule has 0 aliphatic rings. The van der Waals surface area contributed by atoms with E-state index in [0.717, 1.165) is 22.5 Å². The van der Waals surface area contributed by atoms with Gasteiger partial charge < -0.3 is 5.32 Å². The van der Waals surface area contributed by atoms with Crippen molar-refractivity contribution in [2.75, 3.05) is 16.3 Å². The number of nitrogens with zero attached hydrogens (tertiary/aromatic N) is 1. The molecule has 0 aliphatic heterocycles. The Morgan fingerprint density at radius 2 is 1.81 bits per heavy atom. The van der Waals surface area contributed by atoms with Gasteiger partial charge in [-0.1, -0.05) is 18.2 Å². The number of aromatic nitrogens is 1. The van der Waals surface area contributed by atoms with E-state index < -0.39 is 10.0 Å². The van der Waals surface area contributed by atoms with Crippen LogP contribution in [0.2, 0.25) is 0 Å². The van der Waals surface area contributed by atoms with Gasteiger partial charge in [-0.15, -0.1) is 11.3 Å². The highest BCUT2D eigenvalue weighted by Gasteiger charge is 2.09. The van der Waals surface area contributed by atoms with Gasteiger partial charge in [0.1, 0.15) is 0 Å². The van der Waals surface area contributed by atoms with Crippen molar-refractivity contribution in [3.8, 4) is 11.3 Å². The fourth-order valence-corrected chi connectivity index (χ4v) is 3.54. The lowest BCUT2D eigenvalue weighted by Crippen LogP contribution is -2.13. The zero-order valence-electron chi connectivity index (χ0n) is 14.2. The van der Waals surface area contributed by atoms with Crippen LogP contribution in [0.25, 0.3) is 11.3 Å². The standard InChI is InChI=1S/C18H17N3O3S2/c1-12-19-17(11-25-12)13-6-8-15(9-7-13)20-18(22)14-4-3-5-16(10-14)21-26(2,23)24/h3-11,21H,1-2H3,(H,20,22). The molecule has 1 heterocycles. The van der Waals surface area contributed by atoms with Gasteiger partial charge in [0, 0.05) is 27.9 Å². The zero-order valence-corrected chi connectivity index (χ0v) is 15.8. The fraction of sp³-hybridized carbons (Fsp3) is 0.111.